The van der Waals surface area contributed by atoms with Crippen molar-refractivity contribution in [3.8, 4) is 10.8 Å². The van der Waals surface area contributed by atoms with Crippen LogP contribution in [-0.2, 0) is 46.3 Å². The van der Waals surface area contributed by atoms with Crippen LogP contribution in [0.4, 0.5) is 5.69 Å². The van der Waals surface area contributed by atoms with Crippen molar-refractivity contribution in [3.63, 3.8) is 0 Å². The second kappa shape index (κ2) is 21.9. The highest BCUT2D eigenvalue weighted by Crippen LogP contribution is 2.40. The largest absolute Gasteiger partial charge is 0.491 e. The first-order valence-electron chi connectivity index (χ1n) is 22.3. The number of hydrogen-bond donors (Lipinski definition) is 5. The van der Waals surface area contributed by atoms with E-state index in [2.05, 4.69) is 55.3 Å². The normalized spacial score (nSPS) is 15.5. The van der Waals surface area contributed by atoms with Crippen molar-refractivity contribution in [2.75, 3.05) is 44.9 Å². The second-order valence-electron chi connectivity index (χ2n) is 16.3. The number of rotatable bonds is 20. The monoisotopic (exact) mass is 962 g/mol. The molecule has 3 aromatic carbocycles. The smallest absolute Gasteiger partial charge is 0.249 e. The maximum absolute atomic E-state index is 13.5. The number of aryl methyl sites for hydroxylation is 3. The predicted octanol–water partition coefficient (Wildman–Crippen LogP) is 5.33. The third-order valence-corrected chi connectivity index (χ3v) is 12.9. The fourth-order valence-electron chi connectivity index (χ4n) is 7.93. The molecule has 3 aromatic heterocycles. The first-order chi connectivity index (χ1) is 32.9. The van der Waals surface area contributed by atoms with Crippen molar-refractivity contribution in [1.82, 2.24) is 40.7 Å². The molecular weight excluding hydrogens is 912 g/mol. The third-order valence-electron chi connectivity index (χ3n) is 11.5. The maximum Gasteiger partial charge on any atom is 0.249 e. The van der Waals surface area contributed by atoms with Crippen LogP contribution in [-0.4, -0.2) is 106 Å². The Labute approximate surface area is 400 Å². The number of aromatic nitrogens is 5. The number of hydrogen-bond acceptors (Lipinski definition) is 13. The zero-order chi connectivity index (χ0) is 47.7. The van der Waals surface area contributed by atoms with Gasteiger partial charge < -0.3 is 35.1 Å². The van der Waals surface area contributed by atoms with Crippen molar-refractivity contribution in [2.24, 2.45) is 4.99 Å². The average Bonchev–Trinajstić information content (AvgIpc) is 3.98. The number of amides is 5. The summed E-state index contributed by atoms with van der Waals surface area (Å²) < 4.78 is 19.1. The van der Waals surface area contributed by atoms with Crippen molar-refractivity contribution in [3.05, 3.63) is 116 Å². The first-order valence-corrected chi connectivity index (χ1v) is 23.5. The molecule has 6 aromatic rings. The molecule has 1 fully saturated rings. The standard InChI is InChI=1S/C48H51ClN10O8S/c1-27-28(2)68-48-43(27)45(30-7-9-32(49)10-8-30)54-37(46-58-57-29(3)59(46)48)26-42(63)51-33-11-13-34(14-12-33)67-24-23-66-22-21-65-20-19-50-39(60)18-16-38-52-35-6-4-5-31(44(35)55-38)25-41(62)53-36-15-17-40(61)56-47(36)64/h4-14,36-37H,15-26H2,1-3H3,(H,50,60)(H,51,63)(H,52,55)(H,53,62)(H,56,61,64)/t36?,37-/m0/s1. The number of ether oxygens (including phenoxy) is 3. The van der Waals surface area contributed by atoms with Gasteiger partial charge in [-0.2, -0.15) is 0 Å². The Hall–Kier alpha value is -6.80. The second-order valence-corrected chi connectivity index (χ2v) is 18.0. The van der Waals surface area contributed by atoms with Crippen LogP contribution in [0.15, 0.2) is 71.7 Å². The minimum atomic E-state index is -0.750. The number of fused-ring (bicyclic) bond motifs is 4. The highest BCUT2D eigenvalue weighted by atomic mass is 35.5. The molecule has 8 rings (SSSR count). The number of thiophene rings is 1. The molecule has 2 atom stereocenters. The minimum Gasteiger partial charge on any atom is -0.491 e. The van der Waals surface area contributed by atoms with Crippen LogP contribution in [0.2, 0.25) is 5.02 Å². The number of aliphatic imine (C=N–C) groups is 1. The number of imide groups is 1. The van der Waals surface area contributed by atoms with Crippen molar-refractivity contribution in [2.45, 2.75) is 71.4 Å². The summed E-state index contributed by atoms with van der Waals surface area (Å²) in [6.07, 6.45) is 1.06. The number of halogens is 1. The molecule has 0 bridgehead atoms. The maximum atomic E-state index is 13.5. The molecule has 1 unspecified atom stereocenters. The quantitative estimate of drug-likeness (QED) is 0.0485. The molecule has 20 heteroatoms. The molecule has 0 aliphatic carbocycles. The SMILES string of the molecule is Cc1sc2c(c1C)C(c1ccc(Cl)cc1)=N[C@@H](CC(=O)Nc1ccc(OCCOCCOCCNC(=O)CCc3nc4c(CC(=O)NC5CCC(=O)NC5=O)cccc4[nH]3)cc1)c1nnc(C)n1-2. The van der Waals surface area contributed by atoms with Crippen LogP contribution in [0.25, 0.3) is 16.0 Å². The summed E-state index contributed by atoms with van der Waals surface area (Å²) in [6.45, 7) is 8.09. The zero-order valence-electron chi connectivity index (χ0n) is 37.8. The van der Waals surface area contributed by atoms with Gasteiger partial charge in [-0.15, -0.1) is 21.5 Å². The molecule has 18 nitrogen and oxygen atoms in total. The Bertz CT molecular complexity index is 2860. The number of nitrogens with zero attached hydrogens (tertiary/aromatic N) is 5. The Morgan fingerprint density at radius 3 is 2.44 bits per heavy atom. The number of aromatic amines is 1. The van der Waals surface area contributed by atoms with Crippen LogP contribution in [0.5, 0.6) is 5.75 Å². The molecule has 5 N–H and O–H groups in total. The van der Waals surface area contributed by atoms with E-state index in [4.69, 9.17) is 30.8 Å². The number of carbonyl (C=O) groups is 5. The molecule has 5 amide bonds. The molecule has 0 saturated carbocycles. The van der Waals surface area contributed by atoms with Crippen LogP contribution in [0.1, 0.15) is 76.3 Å². The van der Waals surface area contributed by atoms with Gasteiger partial charge in [0.1, 0.15) is 41.1 Å². The van der Waals surface area contributed by atoms with Gasteiger partial charge in [-0.05, 0) is 80.8 Å². The van der Waals surface area contributed by atoms with E-state index in [0.29, 0.717) is 85.2 Å². The van der Waals surface area contributed by atoms with E-state index in [1.165, 1.54) is 4.88 Å². The molecule has 0 spiro atoms. The number of piperidine rings is 1. The van der Waals surface area contributed by atoms with E-state index in [9.17, 15) is 24.0 Å². The molecule has 68 heavy (non-hydrogen) atoms. The lowest BCUT2D eigenvalue weighted by Crippen LogP contribution is -2.52. The van der Waals surface area contributed by atoms with Crippen molar-refractivity contribution in [1.29, 1.82) is 0 Å². The lowest BCUT2D eigenvalue weighted by atomic mass is 9.99. The summed E-state index contributed by atoms with van der Waals surface area (Å²) in [6, 6.07) is 18.8. The lowest BCUT2D eigenvalue weighted by Gasteiger charge is -2.21. The molecule has 2 aliphatic heterocycles. The van der Waals surface area contributed by atoms with E-state index in [1.807, 2.05) is 41.8 Å². The summed E-state index contributed by atoms with van der Waals surface area (Å²) in [4.78, 5) is 76.4. The number of nitrogens with one attached hydrogen (secondary N) is 5. The van der Waals surface area contributed by atoms with Crippen LogP contribution in [0.3, 0.4) is 0 Å². The van der Waals surface area contributed by atoms with Gasteiger partial charge in [0.05, 0.1) is 56.0 Å². The van der Waals surface area contributed by atoms with Crippen LogP contribution in [0, 0.1) is 20.8 Å². The summed E-state index contributed by atoms with van der Waals surface area (Å²) in [5.41, 5.74) is 6.45. The Morgan fingerprint density at radius 1 is 0.897 bits per heavy atom. The van der Waals surface area contributed by atoms with Gasteiger partial charge in [-0.1, -0.05) is 35.9 Å². The van der Waals surface area contributed by atoms with Gasteiger partial charge in [0.2, 0.25) is 29.5 Å². The number of H-pyrrole nitrogens is 1. The van der Waals surface area contributed by atoms with E-state index in [1.54, 1.807) is 47.7 Å². The highest BCUT2D eigenvalue weighted by molar-refractivity contribution is 7.15. The number of anilines is 1. The summed E-state index contributed by atoms with van der Waals surface area (Å²) in [7, 11) is 0. The molecule has 0 radical (unpaired) electrons. The van der Waals surface area contributed by atoms with E-state index >= 15 is 0 Å². The number of para-hydroxylation sites is 1. The predicted molar refractivity (Wildman–Crippen MR) is 256 cm³/mol. The molecule has 2 aliphatic rings. The number of imidazole rings is 1. The molecular formula is C48H51ClN10O8S. The van der Waals surface area contributed by atoms with Crippen LogP contribution < -0.4 is 26.0 Å². The number of carbonyl (C=O) groups excluding carboxylic acids is 5. The Balaban J connectivity index is 0.706. The van der Waals surface area contributed by atoms with Gasteiger partial charge >= 0.3 is 0 Å². The van der Waals surface area contributed by atoms with Gasteiger partial charge in [-0.3, -0.25) is 38.8 Å². The minimum absolute atomic E-state index is 0.00940. The van der Waals surface area contributed by atoms with Gasteiger partial charge in [0, 0.05) is 52.5 Å². The molecule has 1 saturated heterocycles. The topological polar surface area (TPSA) is 233 Å². The van der Waals surface area contributed by atoms with E-state index in [0.717, 1.165) is 38.7 Å². The lowest BCUT2D eigenvalue weighted by molar-refractivity contribution is -0.137. The molecule has 354 valence electrons. The first kappa shape index (κ1) is 47.7. The van der Waals surface area contributed by atoms with Crippen molar-refractivity contribution >= 4 is 74.9 Å². The summed E-state index contributed by atoms with van der Waals surface area (Å²) in [5.74, 6) is 0.981. The Morgan fingerprint density at radius 2 is 1.66 bits per heavy atom. The highest BCUT2D eigenvalue weighted by Gasteiger charge is 2.33. The number of benzene rings is 3. The summed E-state index contributed by atoms with van der Waals surface area (Å²) >= 11 is 7.90. The van der Waals surface area contributed by atoms with Gasteiger partial charge in [-0.25, -0.2) is 4.98 Å². The third kappa shape index (κ3) is 11.6. The van der Waals surface area contributed by atoms with E-state index in [-0.39, 0.29) is 55.7 Å². The van der Waals surface area contributed by atoms with Crippen LogP contribution >= 0.6 is 22.9 Å². The van der Waals surface area contributed by atoms with E-state index < -0.39 is 18.0 Å². The summed E-state index contributed by atoms with van der Waals surface area (Å²) in [5, 5.41) is 21.2. The van der Waals surface area contributed by atoms with Gasteiger partial charge in [0.15, 0.2) is 5.82 Å². The average molecular weight is 964 g/mol. The fraction of sp³-hybridized carbons (Fsp3) is 0.354. The Kier molecular flexibility index (Phi) is 15.3. The fourth-order valence-corrected chi connectivity index (χ4v) is 9.27. The van der Waals surface area contributed by atoms with Crippen molar-refractivity contribution < 1.29 is 38.2 Å². The zero-order valence-corrected chi connectivity index (χ0v) is 39.4. The van der Waals surface area contributed by atoms with Gasteiger partial charge in [0.25, 0.3) is 0 Å². The molecule has 5 heterocycles.